The van der Waals surface area contributed by atoms with Gasteiger partial charge in [0.05, 0.1) is 13.2 Å². The summed E-state index contributed by atoms with van der Waals surface area (Å²) in [5, 5.41) is 0. The molecule has 4 nitrogen and oxygen atoms in total. The predicted molar refractivity (Wildman–Crippen MR) is 75.5 cm³/mol. The Kier molecular flexibility index (Phi) is 3.92. The highest BCUT2D eigenvalue weighted by Gasteiger charge is 2.40. The van der Waals surface area contributed by atoms with Crippen LogP contribution in [-0.4, -0.2) is 37.3 Å². The van der Waals surface area contributed by atoms with E-state index in [1.807, 2.05) is 18.2 Å². The van der Waals surface area contributed by atoms with Crippen molar-refractivity contribution in [3.63, 3.8) is 0 Å². The average Bonchev–Trinajstić information content (AvgIpc) is 2.99. The molecule has 3 rings (SSSR count). The number of carbonyl (C=O) groups is 1. The number of hydrogen-bond acceptors (Lipinski definition) is 3. The number of carbonyl (C=O) groups excluding carboxylic acids is 1. The summed E-state index contributed by atoms with van der Waals surface area (Å²) >= 11 is 0. The van der Waals surface area contributed by atoms with Crippen LogP contribution in [0.1, 0.15) is 31.2 Å². The minimum Gasteiger partial charge on any atom is -0.438 e. The molecule has 1 saturated heterocycles. The Hall–Kier alpha value is -1.55. The number of morpholine rings is 1. The Morgan fingerprint density at radius 3 is 2.40 bits per heavy atom. The second-order valence-electron chi connectivity index (χ2n) is 5.53. The van der Waals surface area contributed by atoms with E-state index >= 15 is 0 Å². The van der Waals surface area contributed by atoms with Crippen molar-refractivity contribution in [2.45, 2.75) is 31.3 Å². The molecule has 0 bridgehead atoms. The SMILES string of the molecule is O=C(OC1(c2ccccc2)CCCC1)N1CCOCC1. The van der Waals surface area contributed by atoms with Gasteiger partial charge in [-0.25, -0.2) is 4.79 Å². The number of nitrogens with zero attached hydrogens (tertiary/aromatic N) is 1. The maximum Gasteiger partial charge on any atom is 0.410 e. The third-order valence-corrected chi connectivity index (χ3v) is 4.26. The molecular formula is C16H21NO3. The molecule has 1 aromatic carbocycles. The molecule has 0 unspecified atom stereocenters. The van der Waals surface area contributed by atoms with E-state index < -0.39 is 5.60 Å². The molecule has 0 radical (unpaired) electrons. The Balaban J connectivity index is 1.76. The molecule has 4 heteroatoms. The van der Waals surface area contributed by atoms with Gasteiger partial charge in [-0.1, -0.05) is 30.3 Å². The molecule has 0 atom stereocenters. The molecule has 1 aliphatic heterocycles. The van der Waals surface area contributed by atoms with Crippen LogP contribution in [0, 0.1) is 0 Å². The zero-order valence-electron chi connectivity index (χ0n) is 11.7. The molecule has 0 N–H and O–H groups in total. The highest BCUT2D eigenvalue weighted by molar-refractivity contribution is 5.68. The lowest BCUT2D eigenvalue weighted by atomic mass is 9.92. The summed E-state index contributed by atoms with van der Waals surface area (Å²) in [6.45, 7) is 2.47. The van der Waals surface area contributed by atoms with Gasteiger partial charge in [0, 0.05) is 13.1 Å². The molecule has 1 saturated carbocycles. The molecule has 20 heavy (non-hydrogen) atoms. The van der Waals surface area contributed by atoms with Gasteiger partial charge in [0.2, 0.25) is 0 Å². The number of rotatable bonds is 2. The third kappa shape index (κ3) is 2.66. The van der Waals surface area contributed by atoms with Gasteiger partial charge in [-0.15, -0.1) is 0 Å². The second kappa shape index (κ2) is 5.83. The van der Waals surface area contributed by atoms with Gasteiger partial charge in [-0.3, -0.25) is 0 Å². The lowest BCUT2D eigenvalue weighted by molar-refractivity contribution is -0.0294. The van der Waals surface area contributed by atoms with Crippen LogP contribution in [0.2, 0.25) is 0 Å². The topological polar surface area (TPSA) is 38.8 Å². The molecule has 1 amide bonds. The maximum absolute atomic E-state index is 12.4. The Bertz CT molecular complexity index is 448. The van der Waals surface area contributed by atoms with Crippen LogP contribution < -0.4 is 0 Å². The fraction of sp³-hybridized carbons (Fsp3) is 0.562. The smallest absolute Gasteiger partial charge is 0.410 e. The number of benzene rings is 1. The van der Waals surface area contributed by atoms with Crippen molar-refractivity contribution in [2.75, 3.05) is 26.3 Å². The van der Waals surface area contributed by atoms with E-state index in [2.05, 4.69) is 12.1 Å². The molecule has 108 valence electrons. The summed E-state index contributed by atoms with van der Waals surface area (Å²) in [6.07, 6.45) is 3.88. The Morgan fingerprint density at radius 1 is 1.10 bits per heavy atom. The van der Waals surface area contributed by atoms with Gasteiger partial charge >= 0.3 is 6.09 Å². The van der Waals surface area contributed by atoms with Crippen molar-refractivity contribution in [1.82, 2.24) is 4.90 Å². The lowest BCUT2D eigenvalue weighted by Crippen LogP contribution is -2.44. The minimum absolute atomic E-state index is 0.195. The van der Waals surface area contributed by atoms with Crippen LogP contribution in [0.4, 0.5) is 4.79 Å². The molecule has 1 heterocycles. The lowest BCUT2D eigenvalue weighted by Gasteiger charge is -2.34. The monoisotopic (exact) mass is 275 g/mol. The van der Waals surface area contributed by atoms with Crippen molar-refractivity contribution >= 4 is 6.09 Å². The van der Waals surface area contributed by atoms with Gasteiger partial charge < -0.3 is 14.4 Å². The van der Waals surface area contributed by atoms with Gasteiger partial charge in [0.25, 0.3) is 0 Å². The van der Waals surface area contributed by atoms with E-state index in [0.717, 1.165) is 31.2 Å². The van der Waals surface area contributed by atoms with Crippen LogP contribution in [-0.2, 0) is 15.1 Å². The van der Waals surface area contributed by atoms with Crippen molar-refractivity contribution in [3.05, 3.63) is 35.9 Å². The number of ether oxygens (including phenoxy) is 2. The summed E-state index contributed by atoms with van der Waals surface area (Å²) in [4.78, 5) is 14.1. The summed E-state index contributed by atoms with van der Waals surface area (Å²) in [7, 11) is 0. The third-order valence-electron chi connectivity index (χ3n) is 4.26. The van der Waals surface area contributed by atoms with Gasteiger partial charge in [-0.05, 0) is 31.2 Å². The summed E-state index contributed by atoms with van der Waals surface area (Å²) < 4.78 is 11.2. The van der Waals surface area contributed by atoms with Gasteiger partial charge in [0.15, 0.2) is 0 Å². The van der Waals surface area contributed by atoms with Crippen LogP contribution in [0.3, 0.4) is 0 Å². The maximum atomic E-state index is 12.4. The first-order chi connectivity index (χ1) is 9.80. The molecule has 1 aromatic rings. The van der Waals surface area contributed by atoms with Crippen LogP contribution in [0.5, 0.6) is 0 Å². The molecule has 1 aliphatic carbocycles. The van der Waals surface area contributed by atoms with E-state index in [4.69, 9.17) is 9.47 Å². The van der Waals surface area contributed by atoms with Crippen molar-refractivity contribution in [2.24, 2.45) is 0 Å². The van der Waals surface area contributed by atoms with Crippen LogP contribution in [0.25, 0.3) is 0 Å². The first-order valence-corrected chi connectivity index (χ1v) is 7.41. The molecule has 2 aliphatic rings. The first-order valence-electron chi connectivity index (χ1n) is 7.41. The van der Waals surface area contributed by atoms with Crippen molar-refractivity contribution < 1.29 is 14.3 Å². The quantitative estimate of drug-likeness (QED) is 0.833. The van der Waals surface area contributed by atoms with E-state index in [1.54, 1.807) is 4.90 Å². The largest absolute Gasteiger partial charge is 0.438 e. The molecule has 0 spiro atoms. The highest BCUT2D eigenvalue weighted by Crippen LogP contribution is 2.42. The standard InChI is InChI=1S/C16H21NO3/c18-15(17-10-12-19-13-11-17)20-16(8-4-5-9-16)14-6-2-1-3-7-14/h1-3,6-7H,4-5,8-13H2. The fourth-order valence-corrected chi connectivity index (χ4v) is 3.12. The minimum atomic E-state index is -0.420. The number of amides is 1. The summed E-state index contributed by atoms with van der Waals surface area (Å²) in [6, 6.07) is 10.2. The van der Waals surface area contributed by atoms with Gasteiger partial charge in [-0.2, -0.15) is 0 Å². The van der Waals surface area contributed by atoms with E-state index in [9.17, 15) is 4.79 Å². The predicted octanol–water partition coefficient (Wildman–Crippen LogP) is 2.92. The Morgan fingerprint density at radius 2 is 1.75 bits per heavy atom. The van der Waals surface area contributed by atoms with Crippen LogP contribution >= 0.6 is 0 Å². The zero-order valence-corrected chi connectivity index (χ0v) is 11.7. The average molecular weight is 275 g/mol. The highest BCUT2D eigenvalue weighted by atomic mass is 16.6. The summed E-state index contributed by atoms with van der Waals surface area (Å²) in [5.74, 6) is 0. The summed E-state index contributed by atoms with van der Waals surface area (Å²) in [5.41, 5.74) is 0.704. The van der Waals surface area contributed by atoms with Gasteiger partial charge in [0.1, 0.15) is 5.60 Å². The fourth-order valence-electron chi connectivity index (χ4n) is 3.12. The van der Waals surface area contributed by atoms with Crippen LogP contribution in [0.15, 0.2) is 30.3 Å². The van der Waals surface area contributed by atoms with E-state index in [-0.39, 0.29) is 6.09 Å². The van der Waals surface area contributed by atoms with E-state index in [0.29, 0.717) is 26.3 Å². The molecular weight excluding hydrogens is 254 g/mol. The molecule has 2 fully saturated rings. The normalized spacial score (nSPS) is 21.7. The first kappa shape index (κ1) is 13.4. The van der Waals surface area contributed by atoms with Crippen molar-refractivity contribution in [1.29, 1.82) is 0 Å². The van der Waals surface area contributed by atoms with Crippen molar-refractivity contribution in [3.8, 4) is 0 Å². The zero-order chi connectivity index (χ0) is 13.8. The number of hydrogen-bond donors (Lipinski definition) is 0. The molecule has 0 aromatic heterocycles. The Labute approximate surface area is 119 Å². The second-order valence-corrected chi connectivity index (χ2v) is 5.53. The van der Waals surface area contributed by atoms with E-state index in [1.165, 1.54) is 0 Å².